The number of nitrogens with one attached hydrogen (secondary N) is 1. The first-order valence-corrected chi connectivity index (χ1v) is 9.76. The van der Waals surface area contributed by atoms with Gasteiger partial charge < -0.3 is 14.7 Å². The Morgan fingerprint density at radius 1 is 1.41 bits per heavy atom. The topological polar surface area (TPSA) is 71.3 Å². The second kappa shape index (κ2) is 7.98. The highest BCUT2D eigenvalue weighted by Crippen LogP contribution is 2.24. The van der Waals surface area contributed by atoms with Crippen LogP contribution >= 0.6 is 11.3 Å². The van der Waals surface area contributed by atoms with E-state index in [1.54, 1.807) is 22.3 Å². The lowest BCUT2D eigenvalue weighted by atomic mass is 10.0. The van der Waals surface area contributed by atoms with E-state index in [0.29, 0.717) is 31.2 Å². The van der Waals surface area contributed by atoms with Crippen LogP contribution in [0.1, 0.15) is 23.9 Å². The van der Waals surface area contributed by atoms with Crippen LogP contribution in [0.5, 0.6) is 0 Å². The summed E-state index contributed by atoms with van der Waals surface area (Å²) in [5, 5.41) is 11.1. The Hall–Kier alpha value is -2.58. The van der Waals surface area contributed by atoms with Crippen molar-refractivity contribution >= 4 is 17.2 Å². The molecule has 2 aromatic heterocycles. The van der Waals surface area contributed by atoms with Gasteiger partial charge in [-0.25, -0.2) is 4.39 Å². The number of benzene rings is 1. The van der Waals surface area contributed by atoms with Crippen LogP contribution in [0.15, 0.2) is 45.6 Å². The second-order valence-electron chi connectivity index (χ2n) is 6.39. The van der Waals surface area contributed by atoms with Crippen molar-refractivity contribution < 1.29 is 13.7 Å². The van der Waals surface area contributed by atoms with Crippen molar-refractivity contribution in [3.05, 3.63) is 58.4 Å². The molecule has 1 aliphatic heterocycles. The van der Waals surface area contributed by atoms with Crippen molar-refractivity contribution in [2.24, 2.45) is 0 Å². The summed E-state index contributed by atoms with van der Waals surface area (Å²) in [7, 11) is 0. The molecule has 1 aliphatic rings. The molecule has 1 aromatic carbocycles. The molecule has 8 heteroatoms. The van der Waals surface area contributed by atoms with Gasteiger partial charge in [0.05, 0.1) is 6.04 Å². The minimum absolute atomic E-state index is 0.000967. The van der Waals surface area contributed by atoms with E-state index >= 15 is 0 Å². The number of rotatable bonds is 5. The van der Waals surface area contributed by atoms with Crippen molar-refractivity contribution in [2.45, 2.75) is 18.9 Å². The van der Waals surface area contributed by atoms with E-state index < -0.39 is 0 Å². The van der Waals surface area contributed by atoms with Crippen molar-refractivity contribution in [2.75, 3.05) is 19.6 Å². The van der Waals surface area contributed by atoms with Crippen LogP contribution in [0.3, 0.4) is 0 Å². The Kier molecular flexibility index (Phi) is 5.26. The first-order chi connectivity index (χ1) is 13.2. The zero-order valence-electron chi connectivity index (χ0n) is 14.6. The molecule has 1 N–H and O–H groups in total. The second-order valence-corrected chi connectivity index (χ2v) is 7.17. The number of aryl methyl sites for hydroxylation is 1. The molecule has 27 heavy (non-hydrogen) atoms. The molecule has 3 aromatic rings. The lowest BCUT2D eigenvalue weighted by Crippen LogP contribution is -2.48. The van der Waals surface area contributed by atoms with Gasteiger partial charge in [0.2, 0.25) is 17.6 Å². The largest absolute Gasteiger partial charge is 0.339 e. The number of carbonyl (C=O) groups is 1. The zero-order chi connectivity index (χ0) is 18.6. The summed E-state index contributed by atoms with van der Waals surface area (Å²) in [4.78, 5) is 19.0. The summed E-state index contributed by atoms with van der Waals surface area (Å²) in [6, 6.07) is 8.18. The van der Waals surface area contributed by atoms with E-state index in [4.69, 9.17) is 4.52 Å². The van der Waals surface area contributed by atoms with Gasteiger partial charge in [-0.05, 0) is 29.1 Å². The minimum atomic E-state index is -0.294. The maximum Gasteiger partial charge on any atom is 0.227 e. The molecule has 140 valence electrons. The van der Waals surface area contributed by atoms with Gasteiger partial charge in [-0.2, -0.15) is 16.3 Å². The van der Waals surface area contributed by atoms with Gasteiger partial charge in [-0.3, -0.25) is 4.79 Å². The number of halogens is 1. The van der Waals surface area contributed by atoms with Crippen LogP contribution in [0, 0.1) is 5.82 Å². The summed E-state index contributed by atoms with van der Waals surface area (Å²) < 4.78 is 18.9. The minimum Gasteiger partial charge on any atom is -0.339 e. The van der Waals surface area contributed by atoms with Crippen LogP contribution in [-0.2, 0) is 11.2 Å². The number of aromatic nitrogens is 2. The first-order valence-electron chi connectivity index (χ1n) is 8.81. The molecule has 0 saturated carbocycles. The predicted octanol–water partition coefficient (Wildman–Crippen LogP) is 3.04. The van der Waals surface area contributed by atoms with Gasteiger partial charge in [-0.15, -0.1) is 0 Å². The lowest BCUT2D eigenvalue weighted by molar-refractivity contribution is -0.134. The quantitative estimate of drug-likeness (QED) is 0.730. The van der Waals surface area contributed by atoms with Gasteiger partial charge in [0.25, 0.3) is 0 Å². The molecule has 1 amide bonds. The molecule has 0 bridgehead atoms. The summed E-state index contributed by atoms with van der Waals surface area (Å²) in [6.07, 6.45) is 0.660. The SMILES string of the molecule is O=C(CCc1nc(-c2ccsc2)no1)N1CCNCC1c1cccc(F)c1. The van der Waals surface area contributed by atoms with Gasteiger partial charge in [0.1, 0.15) is 5.82 Å². The van der Waals surface area contributed by atoms with E-state index in [1.807, 2.05) is 22.9 Å². The summed E-state index contributed by atoms with van der Waals surface area (Å²) in [5.74, 6) is 0.693. The molecule has 1 saturated heterocycles. The lowest BCUT2D eigenvalue weighted by Gasteiger charge is -2.36. The fourth-order valence-corrected chi connectivity index (χ4v) is 3.87. The molecular weight excluding hydrogens is 367 g/mol. The Labute approximate surface area is 160 Å². The Balaban J connectivity index is 1.42. The van der Waals surface area contributed by atoms with Gasteiger partial charge in [0, 0.05) is 43.4 Å². The van der Waals surface area contributed by atoms with E-state index in [9.17, 15) is 9.18 Å². The fraction of sp³-hybridized carbons (Fsp3) is 0.316. The molecule has 0 spiro atoms. The zero-order valence-corrected chi connectivity index (χ0v) is 15.4. The van der Waals surface area contributed by atoms with Gasteiger partial charge in [-0.1, -0.05) is 17.3 Å². The molecule has 3 heterocycles. The molecule has 1 fully saturated rings. The number of amides is 1. The van der Waals surface area contributed by atoms with Crippen molar-refractivity contribution in [3.63, 3.8) is 0 Å². The van der Waals surface area contributed by atoms with Crippen LogP contribution in [0.2, 0.25) is 0 Å². The van der Waals surface area contributed by atoms with E-state index in [-0.39, 0.29) is 24.2 Å². The van der Waals surface area contributed by atoms with Crippen molar-refractivity contribution in [1.29, 1.82) is 0 Å². The molecule has 4 rings (SSSR count). The average Bonchev–Trinajstić information content (AvgIpc) is 3.38. The standard InChI is InChI=1S/C19H19FN4O2S/c20-15-3-1-2-13(10-15)16-11-21-7-8-24(16)18(25)5-4-17-22-19(23-26-17)14-6-9-27-12-14/h1-3,6,9-10,12,16,21H,4-5,7-8,11H2. The number of carbonyl (C=O) groups excluding carboxylic acids is 1. The number of hydrogen-bond donors (Lipinski definition) is 1. The Morgan fingerprint density at radius 2 is 2.33 bits per heavy atom. The molecular formula is C19H19FN4O2S. The number of piperazine rings is 1. The first kappa shape index (κ1) is 17.8. The van der Waals surface area contributed by atoms with Crippen LogP contribution in [0.4, 0.5) is 4.39 Å². The summed E-state index contributed by atoms with van der Waals surface area (Å²) in [6.45, 7) is 1.92. The van der Waals surface area contributed by atoms with E-state index in [2.05, 4.69) is 15.5 Å². The molecule has 0 radical (unpaired) electrons. The van der Waals surface area contributed by atoms with Crippen molar-refractivity contribution in [1.82, 2.24) is 20.4 Å². The highest BCUT2D eigenvalue weighted by atomic mass is 32.1. The van der Waals surface area contributed by atoms with Crippen LogP contribution in [-0.4, -0.2) is 40.6 Å². The number of hydrogen-bond acceptors (Lipinski definition) is 6. The maximum atomic E-state index is 13.6. The van der Waals surface area contributed by atoms with E-state index in [1.165, 1.54) is 12.1 Å². The monoisotopic (exact) mass is 386 g/mol. The number of nitrogens with zero attached hydrogens (tertiary/aromatic N) is 3. The summed E-state index contributed by atoms with van der Waals surface area (Å²) in [5.41, 5.74) is 1.71. The molecule has 1 unspecified atom stereocenters. The Morgan fingerprint density at radius 3 is 3.15 bits per heavy atom. The average molecular weight is 386 g/mol. The normalized spacial score (nSPS) is 17.2. The fourth-order valence-electron chi connectivity index (χ4n) is 3.24. The molecule has 0 aliphatic carbocycles. The van der Waals surface area contributed by atoms with E-state index in [0.717, 1.165) is 17.7 Å². The third-order valence-electron chi connectivity index (χ3n) is 4.60. The van der Waals surface area contributed by atoms with Crippen LogP contribution < -0.4 is 5.32 Å². The number of thiophene rings is 1. The predicted molar refractivity (Wildman–Crippen MR) is 99.7 cm³/mol. The maximum absolute atomic E-state index is 13.6. The highest BCUT2D eigenvalue weighted by molar-refractivity contribution is 7.08. The molecule has 6 nitrogen and oxygen atoms in total. The summed E-state index contributed by atoms with van der Waals surface area (Å²) >= 11 is 1.56. The molecule has 1 atom stereocenters. The van der Waals surface area contributed by atoms with Gasteiger partial charge >= 0.3 is 0 Å². The third kappa shape index (κ3) is 4.06. The van der Waals surface area contributed by atoms with Crippen molar-refractivity contribution in [3.8, 4) is 11.4 Å². The highest BCUT2D eigenvalue weighted by Gasteiger charge is 2.28. The Bertz CT molecular complexity index is 912. The van der Waals surface area contributed by atoms with Gasteiger partial charge in [0.15, 0.2) is 0 Å². The third-order valence-corrected chi connectivity index (χ3v) is 5.28. The van der Waals surface area contributed by atoms with Crippen LogP contribution in [0.25, 0.3) is 11.4 Å². The smallest absolute Gasteiger partial charge is 0.227 e.